The zero-order valence-electron chi connectivity index (χ0n) is 10.9. The molecular weight excluding hydrogens is 198 g/mol. The summed E-state index contributed by atoms with van der Waals surface area (Å²) in [4.78, 5) is 0. The molecule has 0 saturated carbocycles. The van der Waals surface area contributed by atoms with Crippen LogP contribution < -0.4 is 5.73 Å². The predicted octanol–water partition coefficient (Wildman–Crippen LogP) is 3.06. The van der Waals surface area contributed by atoms with E-state index in [1.807, 2.05) is 6.07 Å². The molecule has 2 unspecified atom stereocenters. The molecule has 2 nitrogen and oxygen atoms in total. The third-order valence-corrected chi connectivity index (χ3v) is 2.86. The smallest absolute Gasteiger partial charge is 0.0811 e. The molecule has 0 amide bonds. The molecule has 1 rings (SSSR count). The van der Waals surface area contributed by atoms with E-state index in [2.05, 4.69) is 45.9 Å². The Morgan fingerprint density at radius 3 is 2.31 bits per heavy atom. The summed E-state index contributed by atoms with van der Waals surface area (Å²) in [5.41, 5.74) is 8.69. The summed E-state index contributed by atoms with van der Waals surface area (Å²) in [6.07, 6.45) is 0.0225. The fraction of sp³-hybridized carbons (Fsp3) is 0.571. The van der Waals surface area contributed by atoms with E-state index in [0.717, 1.165) is 5.56 Å². The molecule has 0 radical (unpaired) electrons. The van der Waals surface area contributed by atoms with Gasteiger partial charge in [0.25, 0.3) is 0 Å². The second kappa shape index (κ2) is 4.98. The molecule has 0 aromatic heterocycles. The molecule has 0 aliphatic carbocycles. The van der Waals surface area contributed by atoms with Gasteiger partial charge in [-0.2, -0.15) is 0 Å². The van der Waals surface area contributed by atoms with Crippen LogP contribution >= 0.6 is 0 Å². The molecule has 1 aromatic rings. The maximum absolute atomic E-state index is 6.28. The van der Waals surface area contributed by atoms with E-state index in [-0.39, 0.29) is 17.6 Å². The lowest BCUT2D eigenvalue weighted by atomic mass is 9.82. The first-order valence-corrected chi connectivity index (χ1v) is 5.71. The van der Waals surface area contributed by atoms with E-state index in [1.165, 1.54) is 5.56 Å². The van der Waals surface area contributed by atoms with Gasteiger partial charge >= 0.3 is 0 Å². The molecular formula is C14H23NO. The van der Waals surface area contributed by atoms with Crippen molar-refractivity contribution in [2.75, 3.05) is 7.11 Å². The van der Waals surface area contributed by atoms with Gasteiger partial charge in [0.2, 0.25) is 0 Å². The minimum atomic E-state index is -0.0788. The summed E-state index contributed by atoms with van der Waals surface area (Å²) < 4.78 is 5.55. The van der Waals surface area contributed by atoms with Crippen molar-refractivity contribution in [3.63, 3.8) is 0 Å². The summed E-state index contributed by atoms with van der Waals surface area (Å²) >= 11 is 0. The van der Waals surface area contributed by atoms with Crippen molar-refractivity contribution in [3.8, 4) is 0 Å². The van der Waals surface area contributed by atoms with Crippen molar-refractivity contribution in [3.05, 3.63) is 35.4 Å². The lowest BCUT2D eigenvalue weighted by Crippen LogP contribution is -2.38. The highest BCUT2D eigenvalue weighted by Gasteiger charge is 2.30. The van der Waals surface area contributed by atoms with Crippen LogP contribution in [0.1, 0.15) is 37.9 Å². The monoisotopic (exact) mass is 221 g/mol. The van der Waals surface area contributed by atoms with Crippen LogP contribution in [0.2, 0.25) is 0 Å². The van der Waals surface area contributed by atoms with Crippen molar-refractivity contribution in [1.82, 2.24) is 0 Å². The van der Waals surface area contributed by atoms with E-state index in [9.17, 15) is 0 Å². The standard InChI is InChI=1S/C14H23NO/c1-10-7-6-8-11(9-10)12(15)13(16-5)14(2,3)4/h6-9,12-13H,15H2,1-5H3. The number of hydrogen-bond donors (Lipinski definition) is 1. The SMILES string of the molecule is COC(C(N)c1cccc(C)c1)C(C)(C)C. The fourth-order valence-corrected chi connectivity index (χ4v) is 2.09. The van der Waals surface area contributed by atoms with E-state index in [1.54, 1.807) is 7.11 Å². The van der Waals surface area contributed by atoms with Crippen LogP contribution in [0, 0.1) is 12.3 Å². The highest BCUT2D eigenvalue weighted by Crippen LogP contribution is 2.31. The first-order chi connectivity index (χ1) is 7.36. The molecule has 0 aliphatic heterocycles. The summed E-state index contributed by atoms with van der Waals surface area (Å²) in [7, 11) is 1.73. The third kappa shape index (κ3) is 3.06. The molecule has 0 bridgehead atoms. The Morgan fingerprint density at radius 1 is 1.25 bits per heavy atom. The molecule has 0 saturated heterocycles. The van der Waals surface area contributed by atoms with Crippen molar-refractivity contribution >= 4 is 0 Å². The lowest BCUT2D eigenvalue weighted by molar-refractivity contribution is -0.00244. The Balaban J connectivity index is 2.96. The lowest BCUT2D eigenvalue weighted by Gasteiger charge is -2.34. The fourth-order valence-electron chi connectivity index (χ4n) is 2.09. The van der Waals surface area contributed by atoms with Gasteiger partial charge in [-0.05, 0) is 17.9 Å². The molecule has 90 valence electrons. The van der Waals surface area contributed by atoms with E-state index in [0.29, 0.717) is 0 Å². The zero-order valence-corrected chi connectivity index (χ0v) is 10.9. The van der Waals surface area contributed by atoms with Gasteiger partial charge in [-0.1, -0.05) is 50.6 Å². The molecule has 0 aliphatic rings. The highest BCUT2D eigenvalue weighted by atomic mass is 16.5. The van der Waals surface area contributed by atoms with Crippen molar-refractivity contribution < 1.29 is 4.74 Å². The molecule has 2 atom stereocenters. The van der Waals surface area contributed by atoms with Gasteiger partial charge in [-0.15, -0.1) is 0 Å². The minimum Gasteiger partial charge on any atom is -0.379 e. The maximum Gasteiger partial charge on any atom is 0.0811 e. The summed E-state index contributed by atoms with van der Waals surface area (Å²) in [6, 6.07) is 8.23. The van der Waals surface area contributed by atoms with Gasteiger partial charge in [0, 0.05) is 7.11 Å². The van der Waals surface area contributed by atoms with Crippen LogP contribution in [0.25, 0.3) is 0 Å². The van der Waals surface area contributed by atoms with Crippen LogP contribution in [-0.2, 0) is 4.74 Å². The Hall–Kier alpha value is -0.860. The molecule has 16 heavy (non-hydrogen) atoms. The van der Waals surface area contributed by atoms with Gasteiger partial charge in [-0.3, -0.25) is 0 Å². The number of hydrogen-bond acceptors (Lipinski definition) is 2. The number of rotatable bonds is 3. The first kappa shape index (κ1) is 13.2. The molecule has 0 spiro atoms. The topological polar surface area (TPSA) is 35.2 Å². The number of aryl methyl sites for hydroxylation is 1. The number of methoxy groups -OCH3 is 1. The van der Waals surface area contributed by atoms with E-state index < -0.39 is 0 Å². The third-order valence-electron chi connectivity index (χ3n) is 2.86. The quantitative estimate of drug-likeness (QED) is 0.851. The van der Waals surface area contributed by atoms with Crippen LogP contribution in [0.5, 0.6) is 0 Å². The van der Waals surface area contributed by atoms with E-state index in [4.69, 9.17) is 10.5 Å². The predicted molar refractivity (Wildman–Crippen MR) is 68.4 cm³/mol. The van der Waals surface area contributed by atoms with Crippen LogP contribution in [0.4, 0.5) is 0 Å². The van der Waals surface area contributed by atoms with Gasteiger partial charge in [-0.25, -0.2) is 0 Å². The number of ether oxygens (including phenoxy) is 1. The van der Waals surface area contributed by atoms with Crippen molar-refractivity contribution in [2.45, 2.75) is 39.8 Å². The van der Waals surface area contributed by atoms with Gasteiger partial charge < -0.3 is 10.5 Å². The Kier molecular flexibility index (Phi) is 4.11. The zero-order chi connectivity index (χ0) is 12.3. The minimum absolute atomic E-state index is 0.0225. The van der Waals surface area contributed by atoms with Gasteiger partial charge in [0.05, 0.1) is 12.1 Å². The Bertz CT molecular complexity index is 341. The number of nitrogens with two attached hydrogens (primary N) is 1. The maximum atomic E-state index is 6.28. The van der Waals surface area contributed by atoms with Crippen LogP contribution in [0.3, 0.4) is 0 Å². The van der Waals surface area contributed by atoms with Gasteiger partial charge in [0.1, 0.15) is 0 Å². The van der Waals surface area contributed by atoms with E-state index >= 15 is 0 Å². The normalized spacial score (nSPS) is 15.9. The van der Waals surface area contributed by atoms with Crippen molar-refractivity contribution in [2.24, 2.45) is 11.1 Å². The molecule has 0 heterocycles. The summed E-state index contributed by atoms with van der Waals surface area (Å²) in [6.45, 7) is 8.53. The summed E-state index contributed by atoms with van der Waals surface area (Å²) in [5, 5.41) is 0. The second-order valence-corrected chi connectivity index (χ2v) is 5.46. The molecule has 0 fully saturated rings. The van der Waals surface area contributed by atoms with Crippen LogP contribution in [0.15, 0.2) is 24.3 Å². The van der Waals surface area contributed by atoms with Gasteiger partial charge in [0.15, 0.2) is 0 Å². The van der Waals surface area contributed by atoms with Crippen LogP contribution in [-0.4, -0.2) is 13.2 Å². The highest BCUT2D eigenvalue weighted by molar-refractivity contribution is 5.26. The average Bonchev–Trinajstić information content (AvgIpc) is 2.16. The molecule has 2 heteroatoms. The Labute approximate surface area is 98.8 Å². The second-order valence-electron chi connectivity index (χ2n) is 5.46. The average molecular weight is 221 g/mol. The first-order valence-electron chi connectivity index (χ1n) is 5.71. The summed E-state index contributed by atoms with van der Waals surface area (Å²) in [5.74, 6) is 0. The Morgan fingerprint density at radius 2 is 1.88 bits per heavy atom. The van der Waals surface area contributed by atoms with Crippen molar-refractivity contribution in [1.29, 1.82) is 0 Å². The largest absolute Gasteiger partial charge is 0.379 e. The molecule has 1 aromatic carbocycles. The number of benzene rings is 1. The molecule has 2 N–H and O–H groups in total.